The first-order chi connectivity index (χ1) is 7.99. The lowest BCUT2D eigenvalue weighted by Gasteiger charge is -2.08. The molecule has 0 spiro atoms. The molecule has 1 heterocycles. The molecule has 0 amide bonds. The van der Waals surface area contributed by atoms with Crippen molar-refractivity contribution >= 4 is 33.0 Å². The summed E-state index contributed by atoms with van der Waals surface area (Å²) in [6.45, 7) is 0. The summed E-state index contributed by atoms with van der Waals surface area (Å²) in [4.78, 5) is -0.0249. The Morgan fingerprint density at radius 3 is 2.76 bits per heavy atom. The van der Waals surface area contributed by atoms with Crippen LogP contribution in [-0.2, 0) is 10.0 Å². The number of anilines is 2. The van der Waals surface area contributed by atoms with Crippen molar-refractivity contribution in [3.05, 3.63) is 35.6 Å². The van der Waals surface area contributed by atoms with Gasteiger partial charge in [-0.25, -0.2) is 8.42 Å². The van der Waals surface area contributed by atoms with Gasteiger partial charge in [0, 0.05) is 11.2 Å². The molecule has 6 nitrogen and oxygen atoms in total. The van der Waals surface area contributed by atoms with E-state index in [2.05, 4.69) is 14.9 Å². The minimum Gasteiger partial charge on any atom is -0.398 e. The Labute approximate surface area is 103 Å². The summed E-state index contributed by atoms with van der Waals surface area (Å²) in [6, 6.07) is 4.19. The topological polar surface area (TPSA) is 101 Å². The fourth-order valence-electron chi connectivity index (χ4n) is 1.28. The molecule has 0 aliphatic rings. The van der Waals surface area contributed by atoms with Crippen LogP contribution in [0.25, 0.3) is 0 Å². The highest BCUT2D eigenvalue weighted by molar-refractivity contribution is 7.92. The van der Waals surface area contributed by atoms with Crippen molar-refractivity contribution in [1.82, 2.24) is 10.2 Å². The summed E-state index contributed by atoms with van der Waals surface area (Å²) < 4.78 is 26.2. The lowest BCUT2D eigenvalue weighted by molar-refractivity contribution is 0.601. The number of nitrogens with zero attached hydrogens (tertiary/aromatic N) is 1. The van der Waals surface area contributed by atoms with E-state index in [0.29, 0.717) is 10.7 Å². The maximum atomic E-state index is 12.0. The zero-order valence-electron chi connectivity index (χ0n) is 8.51. The highest BCUT2D eigenvalue weighted by Gasteiger charge is 2.17. The lowest BCUT2D eigenvalue weighted by atomic mass is 10.3. The number of benzene rings is 1. The molecule has 0 fully saturated rings. The van der Waals surface area contributed by atoms with Crippen LogP contribution in [0.4, 0.5) is 11.4 Å². The highest BCUT2D eigenvalue weighted by atomic mass is 35.5. The SMILES string of the molecule is Nc1cc(Cl)ccc1S(=O)(=O)Nc1cn[nH]c1. The second-order valence-electron chi connectivity index (χ2n) is 3.27. The maximum absolute atomic E-state index is 12.0. The number of sulfonamides is 1. The molecular formula is C9H9ClN4O2S. The lowest BCUT2D eigenvalue weighted by Crippen LogP contribution is -2.14. The van der Waals surface area contributed by atoms with Gasteiger partial charge in [-0.2, -0.15) is 5.10 Å². The van der Waals surface area contributed by atoms with Crippen LogP contribution in [0.15, 0.2) is 35.5 Å². The first-order valence-corrected chi connectivity index (χ1v) is 6.42. The average molecular weight is 273 g/mol. The van der Waals surface area contributed by atoms with Crippen LogP contribution in [0, 0.1) is 0 Å². The number of aromatic nitrogens is 2. The molecule has 1 aromatic carbocycles. The minimum absolute atomic E-state index is 0.0249. The number of nitrogens with one attached hydrogen (secondary N) is 2. The Kier molecular flexibility index (Phi) is 2.95. The van der Waals surface area contributed by atoms with Gasteiger partial charge in [0.25, 0.3) is 10.0 Å². The van der Waals surface area contributed by atoms with Gasteiger partial charge >= 0.3 is 0 Å². The van der Waals surface area contributed by atoms with Crippen LogP contribution in [-0.4, -0.2) is 18.6 Å². The number of H-pyrrole nitrogens is 1. The molecule has 0 aliphatic carbocycles. The summed E-state index contributed by atoms with van der Waals surface area (Å²) in [6.07, 6.45) is 2.77. The predicted molar refractivity (Wildman–Crippen MR) is 65.3 cm³/mol. The molecule has 0 aliphatic heterocycles. The molecule has 4 N–H and O–H groups in total. The van der Waals surface area contributed by atoms with Crippen molar-refractivity contribution in [1.29, 1.82) is 0 Å². The van der Waals surface area contributed by atoms with E-state index in [-0.39, 0.29) is 10.6 Å². The molecule has 0 radical (unpaired) electrons. The second kappa shape index (κ2) is 4.27. The number of nitrogens with two attached hydrogens (primary N) is 1. The van der Waals surface area contributed by atoms with E-state index in [1.54, 1.807) is 0 Å². The normalized spacial score (nSPS) is 11.4. The van der Waals surface area contributed by atoms with Crippen molar-refractivity contribution < 1.29 is 8.42 Å². The van der Waals surface area contributed by atoms with E-state index < -0.39 is 10.0 Å². The Hall–Kier alpha value is -1.73. The number of rotatable bonds is 3. The van der Waals surface area contributed by atoms with Gasteiger partial charge in [-0.3, -0.25) is 9.82 Å². The van der Waals surface area contributed by atoms with Crippen LogP contribution in [0.5, 0.6) is 0 Å². The van der Waals surface area contributed by atoms with E-state index in [9.17, 15) is 8.42 Å². The second-order valence-corrected chi connectivity index (χ2v) is 5.36. The zero-order chi connectivity index (χ0) is 12.5. The number of hydrogen-bond acceptors (Lipinski definition) is 4. The third kappa shape index (κ3) is 2.51. The van der Waals surface area contributed by atoms with E-state index in [4.69, 9.17) is 17.3 Å². The number of aromatic amines is 1. The number of nitrogen functional groups attached to an aromatic ring is 1. The van der Waals surface area contributed by atoms with Crippen LogP contribution >= 0.6 is 11.6 Å². The summed E-state index contributed by atoms with van der Waals surface area (Å²) in [5, 5.41) is 6.51. The maximum Gasteiger partial charge on any atom is 0.264 e. The first-order valence-electron chi connectivity index (χ1n) is 4.56. The van der Waals surface area contributed by atoms with Gasteiger partial charge in [0.05, 0.1) is 17.6 Å². The average Bonchev–Trinajstić information content (AvgIpc) is 2.68. The molecule has 2 aromatic rings. The Morgan fingerprint density at radius 1 is 1.41 bits per heavy atom. The zero-order valence-corrected chi connectivity index (χ0v) is 10.1. The van der Waals surface area contributed by atoms with E-state index in [1.807, 2.05) is 0 Å². The number of hydrogen-bond donors (Lipinski definition) is 3. The smallest absolute Gasteiger partial charge is 0.264 e. The van der Waals surface area contributed by atoms with Gasteiger partial charge < -0.3 is 5.73 Å². The molecule has 0 saturated carbocycles. The van der Waals surface area contributed by atoms with Gasteiger partial charge in [0.1, 0.15) is 4.90 Å². The molecule has 0 unspecified atom stereocenters. The Balaban J connectivity index is 2.38. The highest BCUT2D eigenvalue weighted by Crippen LogP contribution is 2.24. The molecule has 17 heavy (non-hydrogen) atoms. The third-order valence-electron chi connectivity index (χ3n) is 2.01. The van der Waals surface area contributed by atoms with Crippen LogP contribution < -0.4 is 10.5 Å². The third-order valence-corrected chi connectivity index (χ3v) is 3.70. The summed E-state index contributed by atoms with van der Waals surface area (Å²) >= 11 is 5.70. The largest absolute Gasteiger partial charge is 0.398 e. The Bertz CT molecular complexity index is 624. The summed E-state index contributed by atoms with van der Waals surface area (Å²) in [5.41, 5.74) is 6.03. The van der Waals surface area contributed by atoms with Gasteiger partial charge in [0.15, 0.2) is 0 Å². The standard InChI is InChI=1S/C9H9ClN4O2S/c10-6-1-2-9(8(11)3-6)17(15,16)14-7-4-12-13-5-7/h1-5,14H,11H2,(H,12,13). The molecule has 8 heteroatoms. The van der Waals surface area contributed by atoms with Crippen molar-refractivity contribution in [3.63, 3.8) is 0 Å². The van der Waals surface area contributed by atoms with Crippen molar-refractivity contribution in [3.8, 4) is 0 Å². The first kappa shape index (κ1) is 11.7. The van der Waals surface area contributed by atoms with Gasteiger partial charge in [-0.1, -0.05) is 11.6 Å². The molecule has 0 saturated heterocycles. The van der Waals surface area contributed by atoms with Crippen molar-refractivity contribution in [2.45, 2.75) is 4.90 Å². The molecule has 1 aromatic heterocycles. The van der Waals surface area contributed by atoms with Crippen LogP contribution in [0.2, 0.25) is 5.02 Å². The molecule has 0 atom stereocenters. The molecule has 0 bridgehead atoms. The summed E-state index contributed by atoms with van der Waals surface area (Å²) in [7, 11) is -3.72. The monoisotopic (exact) mass is 272 g/mol. The van der Waals surface area contributed by atoms with Crippen LogP contribution in [0.3, 0.4) is 0 Å². The van der Waals surface area contributed by atoms with E-state index in [0.717, 1.165) is 0 Å². The van der Waals surface area contributed by atoms with Gasteiger partial charge in [-0.05, 0) is 18.2 Å². The minimum atomic E-state index is -3.72. The van der Waals surface area contributed by atoms with Crippen molar-refractivity contribution in [2.75, 3.05) is 10.5 Å². The van der Waals surface area contributed by atoms with E-state index >= 15 is 0 Å². The van der Waals surface area contributed by atoms with E-state index in [1.165, 1.54) is 30.6 Å². The fourth-order valence-corrected chi connectivity index (χ4v) is 2.61. The number of halogens is 1. The van der Waals surface area contributed by atoms with Gasteiger partial charge in [-0.15, -0.1) is 0 Å². The predicted octanol–water partition coefficient (Wildman–Crippen LogP) is 1.45. The fraction of sp³-hybridized carbons (Fsp3) is 0. The Morgan fingerprint density at radius 2 is 2.18 bits per heavy atom. The quantitative estimate of drug-likeness (QED) is 0.736. The summed E-state index contributed by atoms with van der Waals surface area (Å²) in [5.74, 6) is 0. The molecular weight excluding hydrogens is 264 g/mol. The van der Waals surface area contributed by atoms with Gasteiger partial charge in [0.2, 0.25) is 0 Å². The molecule has 90 valence electrons. The molecule has 2 rings (SSSR count). The van der Waals surface area contributed by atoms with Crippen molar-refractivity contribution in [2.24, 2.45) is 0 Å². The van der Waals surface area contributed by atoms with Crippen LogP contribution in [0.1, 0.15) is 0 Å².